The Morgan fingerprint density at radius 1 is 0.944 bits per heavy atom. The Bertz CT molecular complexity index is 1080. The van der Waals surface area contributed by atoms with E-state index in [1.54, 1.807) is 12.1 Å². The minimum absolute atomic E-state index is 0.0864. The van der Waals surface area contributed by atoms with Crippen molar-refractivity contribution in [3.05, 3.63) is 101 Å². The molecule has 0 nitrogen and oxygen atoms in total. The van der Waals surface area contributed by atoms with Crippen LogP contribution >= 0.6 is 0 Å². The van der Waals surface area contributed by atoms with Gasteiger partial charge in [-0.1, -0.05) is 60.2 Å². The highest BCUT2D eigenvalue weighted by molar-refractivity contribution is 5.65. The van der Waals surface area contributed by atoms with Gasteiger partial charge in [0, 0.05) is 5.92 Å². The Morgan fingerprint density at radius 3 is 2.17 bits per heavy atom. The molecule has 0 aliphatic heterocycles. The Kier molecular flexibility index (Phi) is 11.2. The highest BCUT2D eigenvalue weighted by Gasteiger charge is 2.31. The molecule has 5 heteroatoms. The molecule has 1 aliphatic carbocycles. The molecule has 0 bridgehead atoms. The van der Waals surface area contributed by atoms with Gasteiger partial charge < -0.3 is 0 Å². The van der Waals surface area contributed by atoms with E-state index in [4.69, 9.17) is 0 Å². The molecular weight excluding hydrogens is 467 g/mol. The zero-order valence-corrected chi connectivity index (χ0v) is 20.8. The molecule has 1 aliphatic rings. The molecule has 0 spiro atoms. The van der Waals surface area contributed by atoms with Crippen molar-refractivity contribution in [3.63, 3.8) is 0 Å². The Morgan fingerprint density at radius 2 is 1.58 bits per heavy atom. The van der Waals surface area contributed by atoms with Gasteiger partial charge in [0.1, 0.15) is 11.6 Å². The van der Waals surface area contributed by atoms with E-state index in [1.165, 1.54) is 16.7 Å². The predicted molar refractivity (Wildman–Crippen MR) is 138 cm³/mol. The predicted octanol–water partition coefficient (Wildman–Crippen LogP) is 9.75. The van der Waals surface area contributed by atoms with Crippen LogP contribution in [0.3, 0.4) is 0 Å². The summed E-state index contributed by atoms with van der Waals surface area (Å²) in [5.74, 6) is -2.21. The third-order valence-corrected chi connectivity index (χ3v) is 6.58. The molecule has 192 valence electrons. The Labute approximate surface area is 211 Å². The fourth-order valence-electron chi connectivity index (χ4n) is 4.50. The summed E-state index contributed by atoms with van der Waals surface area (Å²) in [7, 11) is 0. The van der Waals surface area contributed by atoms with Crippen LogP contribution in [0.4, 0.5) is 22.0 Å². The molecule has 0 atom stereocenters. The quantitative estimate of drug-likeness (QED) is 0.202. The van der Waals surface area contributed by atoms with Gasteiger partial charge in [-0.2, -0.15) is 13.2 Å². The van der Waals surface area contributed by atoms with Crippen LogP contribution in [0.15, 0.2) is 78.2 Å². The number of benzene rings is 2. The van der Waals surface area contributed by atoms with Crippen molar-refractivity contribution < 1.29 is 22.0 Å². The van der Waals surface area contributed by atoms with E-state index in [0.29, 0.717) is 31.2 Å². The highest BCUT2D eigenvalue weighted by Crippen LogP contribution is 2.40. The zero-order valence-electron chi connectivity index (χ0n) is 20.8. The average Bonchev–Trinajstić information content (AvgIpc) is 2.87. The third kappa shape index (κ3) is 9.15. The van der Waals surface area contributed by atoms with E-state index in [-0.39, 0.29) is 17.8 Å². The zero-order chi connectivity index (χ0) is 26.7. The molecule has 1 fully saturated rings. The van der Waals surface area contributed by atoms with Crippen molar-refractivity contribution in [3.8, 4) is 12.8 Å². The second kappa shape index (κ2) is 13.8. The van der Waals surface area contributed by atoms with Gasteiger partial charge in [0.15, 0.2) is 0 Å². The van der Waals surface area contributed by atoms with Crippen LogP contribution in [0, 0.1) is 24.6 Å². The average molecular weight is 501 g/mol. The highest BCUT2D eigenvalue weighted by atomic mass is 19.4. The lowest BCUT2D eigenvalue weighted by Crippen LogP contribution is -2.16. The Balaban J connectivity index is 0.00000222. The Hall–Kier alpha value is -3.13. The van der Waals surface area contributed by atoms with Gasteiger partial charge >= 0.3 is 6.18 Å². The first-order valence-electron chi connectivity index (χ1n) is 12.1. The maximum atomic E-state index is 14.8. The van der Waals surface area contributed by atoms with Gasteiger partial charge in [-0.25, -0.2) is 8.78 Å². The van der Waals surface area contributed by atoms with Gasteiger partial charge in [0.05, 0.1) is 6.08 Å². The number of allylic oxidation sites excluding steroid dienone is 6. The summed E-state index contributed by atoms with van der Waals surface area (Å²) in [6.45, 7) is 4.13. The number of alkyl halides is 3. The topological polar surface area (TPSA) is 0 Å². The number of hydrogen-bond acceptors (Lipinski definition) is 0. The molecule has 0 unspecified atom stereocenters. The SMILES string of the molecule is C#C.C/C(=C\C=C(/C)c1ccccc1)CCc1ccc(C2CCC(/C(F)=C\C(F)(F)F)CC2)c(F)c1. The van der Waals surface area contributed by atoms with Crippen LogP contribution in [0.5, 0.6) is 0 Å². The second-order valence-electron chi connectivity index (χ2n) is 9.20. The standard InChI is InChI=1S/C29H31F5.C2H2/c1-20(8-10-21(2)23-6-4-3-5-7-23)9-11-22-12-17-26(27(30)18-22)24-13-15-25(16-14-24)28(31)19-29(32,33)34;1-2/h3-8,10,12,17-19,24-25H,9,11,13-16H2,1-2H3;1-2H/b20-8+,21-10+,28-19+;. The summed E-state index contributed by atoms with van der Waals surface area (Å²) >= 11 is 0. The summed E-state index contributed by atoms with van der Waals surface area (Å²) in [4.78, 5) is 0. The first-order chi connectivity index (χ1) is 17.1. The fraction of sp³-hybridized carbons (Fsp3) is 0.355. The molecular formula is C31H33F5. The van der Waals surface area contributed by atoms with Gasteiger partial charge in [-0.15, -0.1) is 12.8 Å². The second-order valence-corrected chi connectivity index (χ2v) is 9.20. The molecule has 1 saturated carbocycles. The van der Waals surface area contributed by atoms with E-state index in [1.807, 2.05) is 24.3 Å². The van der Waals surface area contributed by atoms with Crippen molar-refractivity contribution in [2.75, 3.05) is 0 Å². The van der Waals surface area contributed by atoms with Crippen LogP contribution < -0.4 is 0 Å². The number of hydrogen-bond donors (Lipinski definition) is 0. The van der Waals surface area contributed by atoms with Crippen molar-refractivity contribution >= 4 is 5.57 Å². The van der Waals surface area contributed by atoms with Crippen LogP contribution in [0.1, 0.15) is 68.6 Å². The molecule has 0 N–H and O–H groups in total. The fourth-order valence-corrected chi connectivity index (χ4v) is 4.50. The van der Waals surface area contributed by atoms with Crippen molar-refractivity contribution in [1.29, 1.82) is 0 Å². The maximum Gasteiger partial charge on any atom is 0.412 e. The molecule has 36 heavy (non-hydrogen) atoms. The summed E-state index contributed by atoms with van der Waals surface area (Å²) in [6, 6.07) is 15.4. The van der Waals surface area contributed by atoms with E-state index in [9.17, 15) is 22.0 Å². The smallest absolute Gasteiger partial charge is 0.212 e. The molecule has 0 radical (unpaired) electrons. The van der Waals surface area contributed by atoms with Crippen molar-refractivity contribution in [2.24, 2.45) is 5.92 Å². The summed E-state index contributed by atoms with van der Waals surface area (Å²) in [5, 5.41) is 0. The molecule has 2 aromatic rings. The van der Waals surface area contributed by atoms with Gasteiger partial charge in [-0.05, 0) is 86.6 Å². The van der Waals surface area contributed by atoms with Gasteiger partial charge in [0.2, 0.25) is 0 Å². The van der Waals surface area contributed by atoms with Gasteiger partial charge in [-0.3, -0.25) is 0 Å². The van der Waals surface area contributed by atoms with Crippen LogP contribution in [0.2, 0.25) is 0 Å². The molecule has 0 aromatic heterocycles. The third-order valence-electron chi connectivity index (χ3n) is 6.58. The van der Waals surface area contributed by atoms with E-state index in [0.717, 1.165) is 18.4 Å². The monoisotopic (exact) mass is 500 g/mol. The van der Waals surface area contributed by atoms with E-state index in [2.05, 4.69) is 51.0 Å². The summed E-state index contributed by atoms with van der Waals surface area (Å²) in [6.07, 6.45) is 10.4. The number of terminal acetylenes is 1. The van der Waals surface area contributed by atoms with Crippen molar-refractivity contribution in [2.45, 2.75) is 64.5 Å². The number of rotatable bonds is 7. The normalized spacial score (nSPS) is 19.4. The minimum Gasteiger partial charge on any atom is -0.212 e. The molecule has 0 heterocycles. The lowest BCUT2D eigenvalue weighted by atomic mass is 9.78. The molecule has 0 saturated heterocycles. The van der Waals surface area contributed by atoms with Crippen LogP contribution in [-0.2, 0) is 6.42 Å². The first kappa shape index (κ1) is 29.1. The van der Waals surface area contributed by atoms with Crippen LogP contribution in [-0.4, -0.2) is 6.18 Å². The largest absolute Gasteiger partial charge is 0.412 e. The van der Waals surface area contributed by atoms with Crippen molar-refractivity contribution in [1.82, 2.24) is 0 Å². The molecule has 2 aromatic carbocycles. The minimum atomic E-state index is -4.65. The number of aryl methyl sites for hydroxylation is 1. The molecule has 3 rings (SSSR count). The van der Waals surface area contributed by atoms with E-state index >= 15 is 0 Å². The first-order valence-corrected chi connectivity index (χ1v) is 12.1. The molecule has 0 amide bonds. The maximum absolute atomic E-state index is 14.8. The summed E-state index contributed by atoms with van der Waals surface area (Å²) < 4.78 is 65.8. The number of halogens is 5. The van der Waals surface area contributed by atoms with E-state index < -0.39 is 17.9 Å². The van der Waals surface area contributed by atoms with Crippen LogP contribution in [0.25, 0.3) is 5.57 Å². The summed E-state index contributed by atoms with van der Waals surface area (Å²) in [5.41, 5.74) is 5.05. The lowest BCUT2D eigenvalue weighted by molar-refractivity contribution is -0.0820. The van der Waals surface area contributed by atoms with Gasteiger partial charge in [0.25, 0.3) is 0 Å². The lowest BCUT2D eigenvalue weighted by Gasteiger charge is -2.28.